The number of anilines is 1. The van der Waals surface area contributed by atoms with Crippen LogP contribution in [0, 0.1) is 17.2 Å². The lowest BCUT2D eigenvalue weighted by atomic mass is 10.1. The van der Waals surface area contributed by atoms with Gasteiger partial charge in [0.1, 0.15) is 0 Å². The van der Waals surface area contributed by atoms with Gasteiger partial charge in [-0.15, -0.1) is 0 Å². The van der Waals surface area contributed by atoms with E-state index in [0.29, 0.717) is 38.3 Å². The van der Waals surface area contributed by atoms with Crippen LogP contribution < -0.4 is 5.73 Å². The molecule has 0 atom stereocenters. The third-order valence-corrected chi connectivity index (χ3v) is 3.10. The molecule has 20 heavy (non-hydrogen) atoms. The first kappa shape index (κ1) is 16.0. The highest BCUT2D eigenvalue weighted by Gasteiger charge is 2.14. The molecule has 0 aliphatic heterocycles. The molecule has 1 rings (SSSR count). The number of nitrogens with zero attached hydrogens (tertiary/aromatic N) is 2. The predicted octanol–water partition coefficient (Wildman–Crippen LogP) is 2.60. The maximum absolute atomic E-state index is 12.2. The zero-order valence-electron chi connectivity index (χ0n) is 12.3. The van der Waals surface area contributed by atoms with E-state index in [1.807, 2.05) is 24.3 Å². The standard InChI is InChI=1S/C16H23N3O/c1-13(2)12-19(11-5-10-17)16(20)9-8-14-6-3-4-7-15(14)18/h3-4,6-7,13H,5,8-9,11-12,18H2,1-2H3. The highest BCUT2D eigenvalue weighted by Crippen LogP contribution is 2.14. The minimum Gasteiger partial charge on any atom is -0.399 e. The van der Waals surface area contributed by atoms with Crippen molar-refractivity contribution in [2.45, 2.75) is 33.1 Å². The van der Waals surface area contributed by atoms with E-state index in [4.69, 9.17) is 11.0 Å². The van der Waals surface area contributed by atoms with Crippen molar-refractivity contribution in [3.63, 3.8) is 0 Å². The number of rotatable bonds is 7. The molecule has 0 aliphatic carbocycles. The number of nitriles is 1. The number of benzene rings is 1. The molecule has 0 radical (unpaired) electrons. The number of carbonyl (C=O) groups is 1. The molecule has 0 saturated carbocycles. The van der Waals surface area contributed by atoms with Crippen molar-refractivity contribution in [2.24, 2.45) is 5.92 Å². The fraction of sp³-hybridized carbons (Fsp3) is 0.500. The summed E-state index contributed by atoms with van der Waals surface area (Å²) in [5.74, 6) is 0.497. The number of nitrogens with two attached hydrogens (primary N) is 1. The summed E-state index contributed by atoms with van der Waals surface area (Å²) in [6.07, 6.45) is 1.46. The molecule has 0 spiro atoms. The first-order valence-electron chi connectivity index (χ1n) is 7.02. The molecule has 1 amide bonds. The molecule has 108 valence electrons. The molecule has 0 aliphatic rings. The van der Waals surface area contributed by atoms with Crippen molar-refractivity contribution >= 4 is 11.6 Å². The summed E-state index contributed by atoms with van der Waals surface area (Å²) in [7, 11) is 0. The third-order valence-electron chi connectivity index (χ3n) is 3.10. The largest absolute Gasteiger partial charge is 0.399 e. The molecule has 0 saturated heterocycles. The van der Waals surface area contributed by atoms with Gasteiger partial charge < -0.3 is 10.6 Å². The maximum atomic E-state index is 12.2. The van der Waals surface area contributed by atoms with Crippen LogP contribution in [0.5, 0.6) is 0 Å². The summed E-state index contributed by atoms with van der Waals surface area (Å²) in [6, 6.07) is 9.71. The van der Waals surface area contributed by atoms with Crippen LogP contribution in [0.15, 0.2) is 24.3 Å². The molecule has 1 aromatic rings. The van der Waals surface area contributed by atoms with Gasteiger partial charge in [-0.3, -0.25) is 4.79 Å². The van der Waals surface area contributed by atoms with E-state index in [2.05, 4.69) is 19.9 Å². The molecular formula is C16H23N3O. The molecule has 0 bridgehead atoms. The normalized spacial score (nSPS) is 10.3. The molecule has 4 nitrogen and oxygen atoms in total. The Morgan fingerprint density at radius 3 is 2.70 bits per heavy atom. The van der Waals surface area contributed by atoms with Crippen molar-refractivity contribution in [1.29, 1.82) is 5.26 Å². The van der Waals surface area contributed by atoms with E-state index in [9.17, 15) is 4.79 Å². The Labute approximate surface area is 121 Å². The van der Waals surface area contributed by atoms with Gasteiger partial charge in [-0.05, 0) is 24.0 Å². The fourth-order valence-electron chi connectivity index (χ4n) is 2.11. The maximum Gasteiger partial charge on any atom is 0.222 e. The van der Waals surface area contributed by atoms with Crippen molar-refractivity contribution in [3.8, 4) is 6.07 Å². The van der Waals surface area contributed by atoms with Gasteiger partial charge in [-0.25, -0.2) is 0 Å². The van der Waals surface area contributed by atoms with E-state index in [1.54, 1.807) is 4.90 Å². The Bertz CT molecular complexity index is 477. The smallest absolute Gasteiger partial charge is 0.222 e. The molecule has 0 heterocycles. The van der Waals surface area contributed by atoms with Crippen molar-refractivity contribution in [1.82, 2.24) is 4.90 Å². The first-order valence-corrected chi connectivity index (χ1v) is 7.02. The Hall–Kier alpha value is -2.02. The van der Waals surface area contributed by atoms with Gasteiger partial charge in [-0.2, -0.15) is 5.26 Å². The van der Waals surface area contributed by atoms with E-state index in [1.165, 1.54) is 0 Å². The van der Waals surface area contributed by atoms with Crippen LogP contribution in [0.2, 0.25) is 0 Å². The minimum atomic E-state index is 0.0946. The fourth-order valence-corrected chi connectivity index (χ4v) is 2.11. The molecule has 4 heteroatoms. The van der Waals surface area contributed by atoms with Crippen LogP contribution in [0.4, 0.5) is 5.69 Å². The number of hydrogen-bond acceptors (Lipinski definition) is 3. The number of amides is 1. The number of para-hydroxylation sites is 1. The van der Waals surface area contributed by atoms with Gasteiger partial charge in [0.15, 0.2) is 0 Å². The van der Waals surface area contributed by atoms with Crippen LogP contribution in [-0.4, -0.2) is 23.9 Å². The molecule has 0 aromatic heterocycles. The molecule has 0 fully saturated rings. The van der Waals surface area contributed by atoms with Crippen molar-refractivity contribution in [2.75, 3.05) is 18.8 Å². The average Bonchev–Trinajstić information content (AvgIpc) is 2.41. The zero-order chi connectivity index (χ0) is 15.0. The average molecular weight is 273 g/mol. The number of aryl methyl sites for hydroxylation is 1. The lowest BCUT2D eigenvalue weighted by molar-refractivity contribution is -0.131. The van der Waals surface area contributed by atoms with Gasteiger partial charge in [0.2, 0.25) is 5.91 Å². The van der Waals surface area contributed by atoms with E-state index >= 15 is 0 Å². The van der Waals surface area contributed by atoms with E-state index in [0.717, 1.165) is 11.3 Å². The minimum absolute atomic E-state index is 0.0946. The Kier molecular flexibility index (Phi) is 6.58. The third kappa shape index (κ3) is 5.31. The molecule has 2 N–H and O–H groups in total. The Balaban J connectivity index is 2.57. The van der Waals surface area contributed by atoms with Crippen molar-refractivity contribution in [3.05, 3.63) is 29.8 Å². The van der Waals surface area contributed by atoms with Gasteiger partial charge in [0.05, 0.1) is 12.5 Å². The van der Waals surface area contributed by atoms with Crippen LogP contribution in [-0.2, 0) is 11.2 Å². The summed E-state index contributed by atoms with van der Waals surface area (Å²) in [5.41, 5.74) is 7.61. The van der Waals surface area contributed by atoms with Crippen LogP contribution in [0.1, 0.15) is 32.3 Å². The van der Waals surface area contributed by atoms with E-state index in [-0.39, 0.29) is 5.91 Å². The second-order valence-corrected chi connectivity index (χ2v) is 5.34. The topological polar surface area (TPSA) is 70.1 Å². The lowest BCUT2D eigenvalue weighted by Gasteiger charge is -2.23. The van der Waals surface area contributed by atoms with Crippen molar-refractivity contribution < 1.29 is 4.79 Å². The second-order valence-electron chi connectivity index (χ2n) is 5.34. The summed E-state index contributed by atoms with van der Waals surface area (Å²) in [6.45, 7) is 5.35. The summed E-state index contributed by atoms with van der Waals surface area (Å²) < 4.78 is 0. The van der Waals surface area contributed by atoms with Gasteiger partial charge in [0.25, 0.3) is 0 Å². The summed E-state index contributed by atoms with van der Waals surface area (Å²) in [5, 5.41) is 8.67. The van der Waals surface area contributed by atoms with Crippen LogP contribution in [0.3, 0.4) is 0 Å². The first-order chi connectivity index (χ1) is 9.54. The SMILES string of the molecule is CC(C)CN(CCC#N)C(=O)CCc1ccccc1N. The Morgan fingerprint density at radius 2 is 2.10 bits per heavy atom. The highest BCUT2D eigenvalue weighted by molar-refractivity contribution is 5.76. The zero-order valence-corrected chi connectivity index (χ0v) is 12.3. The number of hydrogen-bond donors (Lipinski definition) is 1. The molecular weight excluding hydrogens is 250 g/mol. The number of nitrogen functional groups attached to an aromatic ring is 1. The monoisotopic (exact) mass is 273 g/mol. The molecule has 0 unspecified atom stereocenters. The van der Waals surface area contributed by atoms with E-state index < -0.39 is 0 Å². The Morgan fingerprint density at radius 1 is 1.40 bits per heavy atom. The predicted molar refractivity (Wildman–Crippen MR) is 80.8 cm³/mol. The second kappa shape index (κ2) is 8.21. The van der Waals surface area contributed by atoms with Crippen LogP contribution in [0.25, 0.3) is 0 Å². The molecule has 1 aromatic carbocycles. The van der Waals surface area contributed by atoms with Gasteiger partial charge in [0, 0.05) is 25.2 Å². The quantitative estimate of drug-likeness (QED) is 0.776. The summed E-state index contributed by atoms with van der Waals surface area (Å²) >= 11 is 0. The van der Waals surface area contributed by atoms with Gasteiger partial charge in [-0.1, -0.05) is 32.0 Å². The van der Waals surface area contributed by atoms with Gasteiger partial charge >= 0.3 is 0 Å². The van der Waals surface area contributed by atoms with Crippen LogP contribution >= 0.6 is 0 Å². The highest BCUT2D eigenvalue weighted by atomic mass is 16.2. The number of carbonyl (C=O) groups excluding carboxylic acids is 1. The lowest BCUT2D eigenvalue weighted by Crippen LogP contribution is -2.35. The summed E-state index contributed by atoms with van der Waals surface area (Å²) in [4.78, 5) is 14.0.